The van der Waals surface area contributed by atoms with Gasteiger partial charge in [0.1, 0.15) is 17.1 Å². The van der Waals surface area contributed by atoms with Gasteiger partial charge in [-0.2, -0.15) is 0 Å². The summed E-state index contributed by atoms with van der Waals surface area (Å²) in [5, 5.41) is 12.2. The molecule has 3 aromatic rings. The smallest absolute Gasteiger partial charge is 0.347 e. The first kappa shape index (κ1) is 19.0. The molecule has 3 heteroatoms. The summed E-state index contributed by atoms with van der Waals surface area (Å²) in [6, 6.07) is 17.0. The van der Waals surface area contributed by atoms with Gasteiger partial charge in [-0.3, -0.25) is 0 Å². The Balaban J connectivity index is 1.93. The topological polar surface area (TPSA) is 46.5 Å². The standard InChI is InChI=1S/C24H26O3/c1-4-5-8-17-11-12-18-15-22(25)21(14-19(18)13-17)24(26)27-23-10-7-6-9-20(23)16(2)3/h6-7,9-16,25H,4-5,8H2,1-3H3. The molecule has 0 saturated carbocycles. The molecule has 0 radical (unpaired) electrons. The largest absolute Gasteiger partial charge is 0.507 e. The second kappa shape index (κ2) is 8.26. The minimum absolute atomic E-state index is 0.0594. The Bertz CT molecular complexity index is 957. The number of esters is 1. The zero-order valence-electron chi connectivity index (χ0n) is 16.2. The molecule has 0 atom stereocenters. The molecule has 0 amide bonds. The van der Waals surface area contributed by atoms with Crippen LogP contribution in [0, 0.1) is 0 Å². The lowest BCUT2D eigenvalue weighted by molar-refractivity contribution is 0.0730. The van der Waals surface area contributed by atoms with Crippen molar-refractivity contribution in [3.05, 3.63) is 71.3 Å². The first-order valence-electron chi connectivity index (χ1n) is 9.56. The maximum atomic E-state index is 12.7. The molecule has 0 aliphatic heterocycles. The predicted octanol–water partition coefficient (Wildman–Crippen LogP) is 6.23. The molecule has 0 unspecified atom stereocenters. The third-order valence-electron chi connectivity index (χ3n) is 4.80. The molecule has 3 aromatic carbocycles. The fourth-order valence-corrected chi connectivity index (χ4v) is 3.24. The summed E-state index contributed by atoms with van der Waals surface area (Å²) < 4.78 is 5.62. The summed E-state index contributed by atoms with van der Waals surface area (Å²) in [6.07, 6.45) is 3.28. The molecule has 0 aliphatic carbocycles. The second-order valence-corrected chi connectivity index (χ2v) is 7.24. The highest BCUT2D eigenvalue weighted by molar-refractivity contribution is 5.99. The average molecular weight is 362 g/mol. The molecule has 0 heterocycles. The van der Waals surface area contributed by atoms with Crippen molar-refractivity contribution in [3.63, 3.8) is 0 Å². The first-order chi connectivity index (χ1) is 13.0. The van der Waals surface area contributed by atoms with E-state index < -0.39 is 5.97 Å². The van der Waals surface area contributed by atoms with Crippen molar-refractivity contribution in [2.24, 2.45) is 0 Å². The number of fused-ring (bicyclic) bond motifs is 1. The van der Waals surface area contributed by atoms with E-state index in [9.17, 15) is 9.90 Å². The molecule has 27 heavy (non-hydrogen) atoms. The van der Waals surface area contributed by atoms with Crippen LogP contribution in [-0.2, 0) is 6.42 Å². The zero-order valence-corrected chi connectivity index (χ0v) is 16.2. The number of hydrogen-bond donors (Lipinski definition) is 1. The number of phenols is 1. The Labute approximate surface area is 160 Å². The maximum absolute atomic E-state index is 12.7. The van der Waals surface area contributed by atoms with Crippen LogP contribution in [0.15, 0.2) is 54.6 Å². The van der Waals surface area contributed by atoms with E-state index >= 15 is 0 Å². The maximum Gasteiger partial charge on any atom is 0.347 e. The average Bonchev–Trinajstić information content (AvgIpc) is 2.66. The summed E-state index contributed by atoms with van der Waals surface area (Å²) in [5.74, 6) is 0.173. The lowest BCUT2D eigenvalue weighted by atomic mass is 10.0. The molecule has 0 aromatic heterocycles. The van der Waals surface area contributed by atoms with Crippen molar-refractivity contribution in [1.29, 1.82) is 0 Å². The summed E-state index contributed by atoms with van der Waals surface area (Å²) in [5.41, 5.74) is 2.39. The Morgan fingerprint density at radius 3 is 2.56 bits per heavy atom. The number of phenolic OH excluding ortho intramolecular Hbond substituents is 1. The van der Waals surface area contributed by atoms with E-state index in [1.807, 2.05) is 24.3 Å². The van der Waals surface area contributed by atoms with E-state index in [1.54, 1.807) is 18.2 Å². The van der Waals surface area contributed by atoms with Crippen LogP contribution in [0.3, 0.4) is 0 Å². The summed E-state index contributed by atoms with van der Waals surface area (Å²) in [6.45, 7) is 6.28. The van der Waals surface area contributed by atoms with E-state index in [0.29, 0.717) is 5.75 Å². The predicted molar refractivity (Wildman–Crippen MR) is 110 cm³/mol. The van der Waals surface area contributed by atoms with Crippen LogP contribution in [-0.4, -0.2) is 11.1 Å². The van der Waals surface area contributed by atoms with Crippen LogP contribution in [0.1, 0.15) is 61.0 Å². The third-order valence-corrected chi connectivity index (χ3v) is 4.80. The lowest BCUT2D eigenvalue weighted by Gasteiger charge is -2.13. The summed E-state index contributed by atoms with van der Waals surface area (Å²) in [4.78, 5) is 12.7. The molecule has 140 valence electrons. The third kappa shape index (κ3) is 4.30. The number of hydrogen-bond acceptors (Lipinski definition) is 3. The van der Waals surface area contributed by atoms with Crippen LogP contribution >= 0.6 is 0 Å². The van der Waals surface area contributed by atoms with Gasteiger partial charge < -0.3 is 9.84 Å². The molecular formula is C24H26O3. The molecule has 0 aliphatic rings. The number of rotatable bonds is 6. The SMILES string of the molecule is CCCCc1ccc2cc(O)c(C(=O)Oc3ccccc3C(C)C)cc2c1. The highest BCUT2D eigenvalue weighted by atomic mass is 16.5. The van der Waals surface area contributed by atoms with E-state index in [2.05, 4.69) is 32.9 Å². The Hall–Kier alpha value is -2.81. The van der Waals surface area contributed by atoms with Crippen LogP contribution in [0.25, 0.3) is 10.8 Å². The second-order valence-electron chi connectivity index (χ2n) is 7.24. The van der Waals surface area contributed by atoms with Crippen molar-refractivity contribution in [2.45, 2.75) is 46.0 Å². The van der Waals surface area contributed by atoms with Crippen molar-refractivity contribution in [2.75, 3.05) is 0 Å². The molecule has 0 spiro atoms. The van der Waals surface area contributed by atoms with Gasteiger partial charge in [-0.1, -0.05) is 63.6 Å². The molecule has 0 bridgehead atoms. The Morgan fingerprint density at radius 2 is 1.81 bits per heavy atom. The van der Waals surface area contributed by atoms with Crippen LogP contribution < -0.4 is 4.74 Å². The van der Waals surface area contributed by atoms with Gasteiger partial charge in [-0.05, 0) is 58.9 Å². The molecule has 0 fully saturated rings. The van der Waals surface area contributed by atoms with Gasteiger partial charge in [0, 0.05) is 0 Å². The van der Waals surface area contributed by atoms with Crippen molar-refractivity contribution < 1.29 is 14.6 Å². The lowest BCUT2D eigenvalue weighted by Crippen LogP contribution is -2.10. The van der Waals surface area contributed by atoms with E-state index in [0.717, 1.165) is 35.6 Å². The fraction of sp³-hybridized carbons (Fsp3) is 0.292. The van der Waals surface area contributed by atoms with Gasteiger partial charge in [0.25, 0.3) is 0 Å². The summed E-state index contributed by atoms with van der Waals surface area (Å²) >= 11 is 0. The number of unbranched alkanes of at least 4 members (excludes halogenated alkanes) is 1. The number of benzene rings is 3. The molecule has 3 nitrogen and oxygen atoms in total. The highest BCUT2D eigenvalue weighted by Crippen LogP contribution is 2.30. The number of carbonyl (C=O) groups is 1. The molecule has 1 N–H and O–H groups in total. The summed E-state index contributed by atoms with van der Waals surface area (Å²) in [7, 11) is 0. The van der Waals surface area contributed by atoms with E-state index in [4.69, 9.17) is 4.74 Å². The quantitative estimate of drug-likeness (QED) is 0.417. The van der Waals surface area contributed by atoms with Gasteiger partial charge in [0.05, 0.1) is 0 Å². The van der Waals surface area contributed by atoms with Crippen LogP contribution in [0.4, 0.5) is 0 Å². The Kier molecular flexibility index (Phi) is 5.80. The van der Waals surface area contributed by atoms with Crippen molar-refractivity contribution in [3.8, 4) is 11.5 Å². The number of para-hydroxylation sites is 1. The number of aromatic hydroxyl groups is 1. The van der Waals surface area contributed by atoms with Crippen LogP contribution in [0.2, 0.25) is 0 Å². The number of carbonyl (C=O) groups excluding carboxylic acids is 1. The van der Waals surface area contributed by atoms with Gasteiger partial charge >= 0.3 is 5.97 Å². The van der Waals surface area contributed by atoms with Gasteiger partial charge in [0.2, 0.25) is 0 Å². The zero-order chi connectivity index (χ0) is 19.4. The van der Waals surface area contributed by atoms with E-state index in [1.165, 1.54) is 5.56 Å². The first-order valence-corrected chi connectivity index (χ1v) is 9.56. The van der Waals surface area contributed by atoms with Gasteiger partial charge in [-0.25, -0.2) is 4.79 Å². The minimum Gasteiger partial charge on any atom is -0.507 e. The van der Waals surface area contributed by atoms with Crippen LogP contribution in [0.5, 0.6) is 11.5 Å². The number of aryl methyl sites for hydroxylation is 1. The van der Waals surface area contributed by atoms with Gasteiger partial charge in [0.15, 0.2) is 0 Å². The van der Waals surface area contributed by atoms with Crippen molar-refractivity contribution >= 4 is 16.7 Å². The highest BCUT2D eigenvalue weighted by Gasteiger charge is 2.17. The minimum atomic E-state index is -0.540. The normalized spacial score (nSPS) is 11.1. The van der Waals surface area contributed by atoms with Crippen molar-refractivity contribution in [1.82, 2.24) is 0 Å². The van der Waals surface area contributed by atoms with Gasteiger partial charge in [-0.15, -0.1) is 0 Å². The number of ether oxygens (including phenoxy) is 1. The monoisotopic (exact) mass is 362 g/mol. The Morgan fingerprint density at radius 1 is 1.04 bits per heavy atom. The molecule has 3 rings (SSSR count). The van der Waals surface area contributed by atoms with E-state index in [-0.39, 0.29) is 17.2 Å². The fourth-order valence-electron chi connectivity index (χ4n) is 3.24. The molecular weight excluding hydrogens is 336 g/mol. The molecule has 0 saturated heterocycles.